The Morgan fingerprint density at radius 2 is 2.11 bits per heavy atom. The lowest BCUT2D eigenvalue weighted by atomic mass is 10.1. The molecule has 2 aromatic heterocycles. The predicted molar refractivity (Wildman–Crippen MR) is 70.5 cm³/mol. The molecule has 86 valence electrons. The summed E-state index contributed by atoms with van der Waals surface area (Å²) >= 11 is 0. The quantitative estimate of drug-likeness (QED) is 0.647. The number of fused-ring (bicyclic) bond motifs is 1. The summed E-state index contributed by atoms with van der Waals surface area (Å²) in [5.74, 6) is 0. The Hall–Kier alpha value is -2.60. The lowest BCUT2D eigenvalue weighted by Crippen LogP contribution is -1.96. The molecule has 2 heterocycles. The zero-order valence-corrected chi connectivity index (χ0v) is 9.96. The van der Waals surface area contributed by atoms with Crippen molar-refractivity contribution in [3.05, 3.63) is 59.9 Å². The van der Waals surface area contributed by atoms with Crippen LogP contribution in [-0.2, 0) is 0 Å². The molecule has 0 unspecified atom stereocenters. The molecule has 0 atom stereocenters. The zero-order chi connectivity index (χ0) is 12.5. The normalized spacial score (nSPS) is 10.4. The highest BCUT2D eigenvalue weighted by atomic mass is 15.0. The maximum Gasteiger partial charge on any atom is 0.0992 e. The number of nitrogens with zero attached hydrogens (tertiary/aromatic N) is 3. The van der Waals surface area contributed by atoms with Gasteiger partial charge in [-0.3, -0.25) is 4.98 Å². The van der Waals surface area contributed by atoms with Gasteiger partial charge in [0.05, 0.1) is 22.7 Å². The number of aryl methyl sites for hydroxylation is 1. The molecule has 0 fully saturated rings. The Morgan fingerprint density at radius 1 is 1.22 bits per heavy atom. The number of hydrogen-bond acceptors (Lipinski definition) is 2. The van der Waals surface area contributed by atoms with Crippen LogP contribution in [0, 0.1) is 18.3 Å². The molecule has 0 saturated heterocycles. The first kappa shape index (κ1) is 10.5. The number of rotatable bonds is 1. The summed E-state index contributed by atoms with van der Waals surface area (Å²) in [6.45, 7) is 2.04. The van der Waals surface area contributed by atoms with Gasteiger partial charge in [-0.05, 0) is 42.8 Å². The van der Waals surface area contributed by atoms with Crippen LogP contribution in [0.3, 0.4) is 0 Å². The van der Waals surface area contributed by atoms with Crippen LogP contribution in [0.2, 0.25) is 0 Å². The van der Waals surface area contributed by atoms with Crippen LogP contribution >= 0.6 is 0 Å². The van der Waals surface area contributed by atoms with Crippen molar-refractivity contribution in [3.8, 4) is 11.8 Å². The third kappa shape index (κ3) is 1.56. The number of hydrogen-bond donors (Lipinski definition) is 0. The van der Waals surface area contributed by atoms with Crippen LogP contribution < -0.4 is 0 Å². The molecule has 0 N–H and O–H groups in total. The lowest BCUT2D eigenvalue weighted by Gasteiger charge is -2.09. The second kappa shape index (κ2) is 4.01. The van der Waals surface area contributed by atoms with E-state index in [4.69, 9.17) is 5.26 Å². The van der Waals surface area contributed by atoms with E-state index in [2.05, 4.69) is 15.6 Å². The van der Waals surface area contributed by atoms with Crippen LogP contribution in [0.25, 0.3) is 16.7 Å². The maximum atomic E-state index is 8.99. The number of pyridine rings is 1. The van der Waals surface area contributed by atoms with Crippen molar-refractivity contribution in [2.24, 2.45) is 0 Å². The fourth-order valence-electron chi connectivity index (χ4n) is 2.12. The van der Waals surface area contributed by atoms with Gasteiger partial charge < -0.3 is 4.57 Å². The molecule has 0 aliphatic carbocycles. The summed E-state index contributed by atoms with van der Waals surface area (Å²) in [5.41, 5.74) is 4.84. The molecule has 0 aliphatic heterocycles. The van der Waals surface area contributed by atoms with Gasteiger partial charge in [-0.2, -0.15) is 5.26 Å². The molecule has 0 bridgehead atoms. The van der Waals surface area contributed by atoms with Crippen LogP contribution in [0.15, 0.2) is 48.8 Å². The average Bonchev–Trinajstić information content (AvgIpc) is 2.83. The molecule has 3 nitrogen and oxygen atoms in total. The molecule has 3 rings (SSSR count). The molecule has 3 aromatic rings. The predicted octanol–water partition coefficient (Wildman–Crippen LogP) is 3.21. The Morgan fingerprint density at radius 3 is 2.94 bits per heavy atom. The van der Waals surface area contributed by atoms with E-state index in [9.17, 15) is 0 Å². The van der Waals surface area contributed by atoms with Crippen molar-refractivity contribution < 1.29 is 0 Å². The fourth-order valence-corrected chi connectivity index (χ4v) is 2.12. The van der Waals surface area contributed by atoms with E-state index >= 15 is 0 Å². The molecular weight excluding hydrogens is 222 g/mol. The third-order valence-electron chi connectivity index (χ3n) is 3.05. The van der Waals surface area contributed by atoms with E-state index < -0.39 is 0 Å². The summed E-state index contributed by atoms with van der Waals surface area (Å²) in [6.07, 6.45) is 3.77. The number of benzene rings is 1. The SMILES string of the molecule is Cc1ccc(C#N)cc1-n1ccc2ncccc21. The summed E-state index contributed by atoms with van der Waals surface area (Å²) in [5, 5.41) is 8.99. The fraction of sp³-hybridized carbons (Fsp3) is 0.0667. The average molecular weight is 233 g/mol. The van der Waals surface area contributed by atoms with E-state index in [1.807, 2.05) is 49.5 Å². The van der Waals surface area contributed by atoms with E-state index in [1.54, 1.807) is 6.20 Å². The monoisotopic (exact) mass is 233 g/mol. The molecule has 0 amide bonds. The molecule has 0 aliphatic rings. The lowest BCUT2D eigenvalue weighted by molar-refractivity contribution is 1.10. The summed E-state index contributed by atoms with van der Waals surface area (Å²) in [4.78, 5) is 4.31. The standard InChI is InChI=1S/C15H11N3/c1-11-4-5-12(10-16)9-15(11)18-8-6-13-14(18)3-2-7-17-13/h2-9H,1H3. The summed E-state index contributed by atoms with van der Waals surface area (Å²) in [6, 6.07) is 13.8. The van der Waals surface area contributed by atoms with Crippen molar-refractivity contribution in [2.45, 2.75) is 6.92 Å². The van der Waals surface area contributed by atoms with Crippen LogP contribution in [0.4, 0.5) is 0 Å². The van der Waals surface area contributed by atoms with Crippen LogP contribution in [0.1, 0.15) is 11.1 Å². The second-order valence-corrected chi connectivity index (χ2v) is 4.21. The van der Waals surface area contributed by atoms with Gasteiger partial charge in [0.25, 0.3) is 0 Å². The van der Waals surface area contributed by atoms with Gasteiger partial charge in [0, 0.05) is 18.1 Å². The van der Waals surface area contributed by atoms with Crippen molar-refractivity contribution in [1.29, 1.82) is 5.26 Å². The van der Waals surface area contributed by atoms with Gasteiger partial charge in [0.1, 0.15) is 0 Å². The van der Waals surface area contributed by atoms with Crippen molar-refractivity contribution in [3.63, 3.8) is 0 Å². The molecule has 3 heteroatoms. The van der Waals surface area contributed by atoms with Gasteiger partial charge in [0.15, 0.2) is 0 Å². The third-order valence-corrected chi connectivity index (χ3v) is 3.05. The van der Waals surface area contributed by atoms with E-state index in [0.29, 0.717) is 5.56 Å². The van der Waals surface area contributed by atoms with E-state index in [0.717, 1.165) is 22.3 Å². The number of aromatic nitrogens is 2. The van der Waals surface area contributed by atoms with Gasteiger partial charge >= 0.3 is 0 Å². The maximum absolute atomic E-state index is 8.99. The second-order valence-electron chi connectivity index (χ2n) is 4.21. The molecule has 0 radical (unpaired) electrons. The smallest absolute Gasteiger partial charge is 0.0992 e. The Labute approximate surface area is 105 Å². The van der Waals surface area contributed by atoms with E-state index in [-0.39, 0.29) is 0 Å². The molecule has 1 aromatic carbocycles. The van der Waals surface area contributed by atoms with Gasteiger partial charge in [0.2, 0.25) is 0 Å². The Balaban J connectivity index is 2.30. The molecular formula is C15H11N3. The van der Waals surface area contributed by atoms with Gasteiger partial charge in [-0.25, -0.2) is 0 Å². The van der Waals surface area contributed by atoms with Crippen molar-refractivity contribution in [2.75, 3.05) is 0 Å². The highest BCUT2D eigenvalue weighted by Crippen LogP contribution is 2.22. The highest BCUT2D eigenvalue weighted by Gasteiger charge is 2.06. The van der Waals surface area contributed by atoms with Gasteiger partial charge in [-0.1, -0.05) is 6.07 Å². The Bertz CT molecular complexity index is 763. The zero-order valence-electron chi connectivity index (χ0n) is 9.96. The van der Waals surface area contributed by atoms with Crippen LogP contribution in [-0.4, -0.2) is 9.55 Å². The first-order chi connectivity index (χ1) is 8.79. The Kier molecular flexibility index (Phi) is 2.35. The molecule has 0 saturated carbocycles. The minimum absolute atomic E-state index is 0.668. The van der Waals surface area contributed by atoms with E-state index in [1.165, 1.54) is 0 Å². The van der Waals surface area contributed by atoms with Crippen molar-refractivity contribution >= 4 is 11.0 Å². The highest BCUT2D eigenvalue weighted by molar-refractivity contribution is 5.78. The van der Waals surface area contributed by atoms with Crippen LogP contribution in [0.5, 0.6) is 0 Å². The van der Waals surface area contributed by atoms with Crippen molar-refractivity contribution in [1.82, 2.24) is 9.55 Å². The summed E-state index contributed by atoms with van der Waals surface area (Å²) in [7, 11) is 0. The minimum atomic E-state index is 0.668. The first-order valence-electron chi connectivity index (χ1n) is 5.73. The number of nitriles is 1. The first-order valence-corrected chi connectivity index (χ1v) is 5.73. The van der Waals surface area contributed by atoms with Gasteiger partial charge in [-0.15, -0.1) is 0 Å². The topological polar surface area (TPSA) is 41.6 Å². The molecule has 18 heavy (non-hydrogen) atoms. The minimum Gasteiger partial charge on any atom is -0.315 e. The summed E-state index contributed by atoms with van der Waals surface area (Å²) < 4.78 is 2.07. The largest absolute Gasteiger partial charge is 0.315 e. The molecule has 0 spiro atoms.